The lowest BCUT2D eigenvalue weighted by atomic mass is 10.2. The van der Waals surface area contributed by atoms with Gasteiger partial charge >= 0.3 is 0 Å². The van der Waals surface area contributed by atoms with E-state index in [-0.39, 0.29) is 48.1 Å². The maximum atomic E-state index is 13.5. The molecule has 1 aliphatic rings. The number of nitrogens with one attached hydrogen (secondary N) is 3. The van der Waals surface area contributed by atoms with Crippen molar-refractivity contribution in [3.63, 3.8) is 0 Å². The second-order valence-electron chi connectivity index (χ2n) is 6.26. The summed E-state index contributed by atoms with van der Waals surface area (Å²) in [6.07, 6.45) is 0. The molecule has 0 radical (unpaired) electrons. The Labute approximate surface area is 165 Å². The number of carbonyl (C=O) groups is 2. The van der Waals surface area contributed by atoms with Crippen LogP contribution in [-0.4, -0.2) is 44.2 Å². The third kappa shape index (κ3) is 4.94. The zero-order chi connectivity index (χ0) is 21.0. The molecule has 0 saturated carbocycles. The molecular weight excluding hydrogens is 406 g/mol. The van der Waals surface area contributed by atoms with Gasteiger partial charge in [-0.15, -0.1) is 0 Å². The summed E-state index contributed by atoms with van der Waals surface area (Å²) >= 11 is 0. The van der Waals surface area contributed by atoms with E-state index >= 15 is 0 Å². The number of halogens is 2. The molecule has 11 heteroatoms. The number of hydrogen-bond donors (Lipinski definition) is 3. The Kier molecular flexibility index (Phi) is 6.20. The molecule has 1 heterocycles. The predicted octanol–water partition coefficient (Wildman–Crippen LogP) is 0.520. The minimum Gasteiger partial charge on any atom is -0.354 e. The van der Waals surface area contributed by atoms with E-state index in [1.165, 1.54) is 24.3 Å². The Morgan fingerprint density at radius 3 is 2.55 bits per heavy atom. The van der Waals surface area contributed by atoms with Crippen molar-refractivity contribution in [2.45, 2.75) is 11.4 Å². The molecule has 2 aromatic carbocycles. The first-order chi connectivity index (χ1) is 13.8. The number of hydrazine groups is 1. The molecule has 0 bridgehead atoms. The molecular formula is C18H18F2N4O4S. The van der Waals surface area contributed by atoms with Gasteiger partial charge in [0.25, 0.3) is 5.91 Å². The third-order valence-corrected chi connectivity index (χ3v) is 6.11. The van der Waals surface area contributed by atoms with Crippen LogP contribution in [0.5, 0.6) is 0 Å². The van der Waals surface area contributed by atoms with Crippen LogP contribution >= 0.6 is 0 Å². The van der Waals surface area contributed by atoms with Crippen molar-refractivity contribution in [1.29, 1.82) is 0 Å². The van der Waals surface area contributed by atoms with E-state index in [0.29, 0.717) is 0 Å². The topological polar surface area (TPSA) is 108 Å². The van der Waals surface area contributed by atoms with Gasteiger partial charge < -0.3 is 5.32 Å². The summed E-state index contributed by atoms with van der Waals surface area (Å²) < 4.78 is 52.9. The average Bonchev–Trinajstić information content (AvgIpc) is 2.70. The lowest BCUT2D eigenvalue weighted by Crippen LogP contribution is -2.49. The maximum absolute atomic E-state index is 13.5. The molecule has 3 N–H and O–H groups in total. The Balaban J connectivity index is 1.61. The molecule has 1 saturated heterocycles. The van der Waals surface area contributed by atoms with Gasteiger partial charge in [-0.05, 0) is 42.5 Å². The summed E-state index contributed by atoms with van der Waals surface area (Å²) in [5, 5.41) is 2.55. The van der Waals surface area contributed by atoms with Crippen LogP contribution in [0.1, 0.15) is 15.9 Å². The second-order valence-corrected chi connectivity index (χ2v) is 8.19. The van der Waals surface area contributed by atoms with E-state index in [1.807, 2.05) is 0 Å². The number of piperazine rings is 1. The van der Waals surface area contributed by atoms with E-state index < -0.39 is 27.6 Å². The van der Waals surface area contributed by atoms with E-state index in [9.17, 15) is 26.8 Å². The number of nitrogens with zero attached hydrogens (tertiary/aromatic N) is 1. The highest BCUT2D eigenvalue weighted by Crippen LogP contribution is 2.17. The minimum atomic E-state index is -3.85. The molecule has 0 spiro atoms. The van der Waals surface area contributed by atoms with E-state index in [0.717, 1.165) is 22.5 Å². The summed E-state index contributed by atoms with van der Waals surface area (Å²) in [4.78, 5) is 23.5. The molecule has 29 heavy (non-hydrogen) atoms. The van der Waals surface area contributed by atoms with Gasteiger partial charge in [-0.1, -0.05) is 0 Å². The molecule has 2 amide bonds. The van der Waals surface area contributed by atoms with Gasteiger partial charge in [0.2, 0.25) is 15.9 Å². The maximum Gasteiger partial charge on any atom is 0.265 e. The van der Waals surface area contributed by atoms with Gasteiger partial charge in [0, 0.05) is 30.8 Å². The Bertz CT molecular complexity index is 1030. The van der Waals surface area contributed by atoms with Crippen molar-refractivity contribution in [2.75, 3.05) is 19.6 Å². The second kappa shape index (κ2) is 8.64. The normalized spacial score (nSPS) is 15.0. The van der Waals surface area contributed by atoms with Gasteiger partial charge in [0.1, 0.15) is 11.6 Å². The van der Waals surface area contributed by atoms with Crippen molar-refractivity contribution in [3.05, 3.63) is 65.2 Å². The highest BCUT2D eigenvalue weighted by Gasteiger charge is 2.29. The fraction of sp³-hybridized carbons (Fsp3) is 0.222. The molecule has 0 aliphatic carbocycles. The van der Waals surface area contributed by atoms with Crippen molar-refractivity contribution in [2.24, 2.45) is 0 Å². The van der Waals surface area contributed by atoms with Crippen LogP contribution in [-0.2, 0) is 21.4 Å². The zero-order valence-electron chi connectivity index (χ0n) is 15.1. The Hall–Kier alpha value is -2.89. The molecule has 1 fully saturated rings. The standard InChI is InChI=1S/C18H18F2N4O4S/c19-14-3-6-16(20)13(9-14)10-22-23-18(26)12-1-4-15(5-2-12)29(27,28)24-8-7-21-17(25)11-24/h1-6,9,22H,7-8,10-11H2,(H,21,25)(H,23,26). The van der Waals surface area contributed by atoms with Gasteiger partial charge in [0.05, 0.1) is 11.4 Å². The molecule has 0 unspecified atom stereocenters. The first-order valence-corrected chi connectivity index (χ1v) is 10.1. The number of rotatable bonds is 6. The lowest BCUT2D eigenvalue weighted by molar-refractivity contribution is -0.122. The molecule has 0 atom stereocenters. The van der Waals surface area contributed by atoms with Crippen LogP contribution in [0.15, 0.2) is 47.4 Å². The molecule has 8 nitrogen and oxygen atoms in total. The van der Waals surface area contributed by atoms with Gasteiger partial charge in [0.15, 0.2) is 0 Å². The summed E-state index contributed by atoms with van der Waals surface area (Å²) in [6.45, 7) is -0.00302. The van der Waals surface area contributed by atoms with Crippen LogP contribution in [0.3, 0.4) is 0 Å². The predicted molar refractivity (Wildman–Crippen MR) is 98.9 cm³/mol. The van der Waals surface area contributed by atoms with Gasteiger partial charge in [-0.2, -0.15) is 4.31 Å². The average molecular weight is 424 g/mol. The van der Waals surface area contributed by atoms with Crippen molar-refractivity contribution >= 4 is 21.8 Å². The quantitative estimate of drug-likeness (QED) is 0.586. The van der Waals surface area contributed by atoms with Crippen LogP contribution in [0.25, 0.3) is 0 Å². The summed E-state index contributed by atoms with van der Waals surface area (Å²) in [5.74, 6) is -2.17. The van der Waals surface area contributed by atoms with Crippen molar-refractivity contribution in [3.8, 4) is 0 Å². The molecule has 3 rings (SSSR count). The number of carbonyl (C=O) groups excluding carboxylic acids is 2. The van der Waals surface area contributed by atoms with Crippen LogP contribution < -0.4 is 16.2 Å². The number of amides is 2. The molecule has 1 aliphatic heterocycles. The van der Waals surface area contributed by atoms with Crippen LogP contribution in [0.2, 0.25) is 0 Å². The van der Waals surface area contributed by atoms with Crippen molar-refractivity contribution < 1.29 is 26.8 Å². The molecule has 2 aromatic rings. The number of hydrogen-bond acceptors (Lipinski definition) is 5. The van der Waals surface area contributed by atoms with Crippen LogP contribution in [0.4, 0.5) is 8.78 Å². The highest BCUT2D eigenvalue weighted by molar-refractivity contribution is 7.89. The SMILES string of the molecule is O=C1CN(S(=O)(=O)c2ccc(C(=O)NNCc3cc(F)ccc3F)cc2)CCN1. The number of sulfonamides is 1. The van der Waals surface area contributed by atoms with E-state index in [2.05, 4.69) is 16.2 Å². The minimum absolute atomic E-state index is 0.0392. The zero-order valence-corrected chi connectivity index (χ0v) is 15.9. The summed E-state index contributed by atoms with van der Waals surface area (Å²) in [7, 11) is -3.85. The molecule has 154 valence electrons. The Morgan fingerprint density at radius 1 is 1.14 bits per heavy atom. The van der Waals surface area contributed by atoms with Gasteiger partial charge in [-0.3, -0.25) is 15.0 Å². The first kappa shape index (κ1) is 20.8. The fourth-order valence-corrected chi connectivity index (χ4v) is 4.12. The van der Waals surface area contributed by atoms with Crippen LogP contribution in [0, 0.1) is 11.6 Å². The summed E-state index contributed by atoms with van der Waals surface area (Å²) in [6, 6.07) is 8.15. The van der Waals surface area contributed by atoms with E-state index in [1.54, 1.807) is 0 Å². The lowest BCUT2D eigenvalue weighted by Gasteiger charge is -2.25. The largest absolute Gasteiger partial charge is 0.354 e. The highest BCUT2D eigenvalue weighted by atomic mass is 32.2. The summed E-state index contributed by atoms with van der Waals surface area (Å²) in [5.41, 5.74) is 5.02. The van der Waals surface area contributed by atoms with Gasteiger partial charge in [-0.25, -0.2) is 22.6 Å². The monoisotopic (exact) mass is 424 g/mol. The first-order valence-electron chi connectivity index (χ1n) is 8.61. The van der Waals surface area contributed by atoms with E-state index in [4.69, 9.17) is 0 Å². The number of benzene rings is 2. The third-order valence-electron chi connectivity index (χ3n) is 4.25. The molecule has 0 aromatic heterocycles. The van der Waals surface area contributed by atoms with Crippen molar-refractivity contribution in [1.82, 2.24) is 20.5 Å². The smallest absolute Gasteiger partial charge is 0.265 e. The fourth-order valence-electron chi connectivity index (χ4n) is 2.72. The Morgan fingerprint density at radius 2 is 1.86 bits per heavy atom.